The number of imidazole rings is 1. The monoisotopic (exact) mass is 406 g/mol. The third-order valence-corrected chi connectivity index (χ3v) is 4.47. The minimum atomic E-state index is -0.952. The molecule has 3 rings (SSSR count). The summed E-state index contributed by atoms with van der Waals surface area (Å²) in [6.45, 7) is 1.70. The Morgan fingerprint density at radius 1 is 1.29 bits per heavy atom. The van der Waals surface area contributed by atoms with Gasteiger partial charge in [-0.3, -0.25) is 9.20 Å². The molecule has 0 bridgehead atoms. The van der Waals surface area contributed by atoms with Gasteiger partial charge in [0.05, 0.1) is 18.4 Å². The van der Waals surface area contributed by atoms with Crippen LogP contribution in [0.1, 0.15) is 15.9 Å². The minimum Gasteiger partial charge on any atom is -0.463 e. The molecule has 0 radical (unpaired) electrons. The van der Waals surface area contributed by atoms with Crippen LogP contribution in [0.3, 0.4) is 0 Å². The third-order valence-electron chi connectivity index (χ3n) is 3.61. The fraction of sp³-hybridized carbons (Fsp3) is 0.118. The number of Topliss-reactive ketones (excluding diaryl/α,β-unsaturated/α-hetero) is 1. The largest absolute Gasteiger partial charge is 0.463 e. The summed E-state index contributed by atoms with van der Waals surface area (Å²) in [5.41, 5.74) is 2.89. The molecule has 0 unspecified atom stereocenters. The van der Waals surface area contributed by atoms with Gasteiger partial charge in [-0.15, -0.1) is 0 Å². The van der Waals surface area contributed by atoms with Crippen molar-refractivity contribution in [2.45, 2.75) is 6.92 Å². The van der Waals surface area contributed by atoms with Gasteiger partial charge >= 0.3 is 5.97 Å². The Hall–Kier alpha value is -2.18. The molecular formula is C17H12BrClN2O3. The number of hydrogen-bond acceptors (Lipinski definition) is 4. The van der Waals surface area contributed by atoms with E-state index in [1.54, 1.807) is 23.6 Å². The number of pyridine rings is 1. The van der Waals surface area contributed by atoms with Gasteiger partial charge in [-0.2, -0.15) is 0 Å². The zero-order chi connectivity index (χ0) is 17.4. The minimum absolute atomic E-state index is 0.120. The van der Waals surface area contributed by atoms with Crippen LogP contribution in [0, 0.1) is 6.92 Å². The highest BCUT2D eigenvalue weighted by atomic mass is 79.9. The number of fused-ring (bicyclic) bond motifs is 1. The Morgan fingerprint density at radius 2 is 2.04 bits per heavy atom. The molecule has 0 aliphatic heterocycles. The van der Waals surface area contributed by atoms with Crippen molar-refractivity contribution in [3.05, 3.63) is 57.3 Å². The Morgan fingerprint density at radius 3 is 2.71 bits per heavy atom. The Kier molecular flexibility index (Phi) is 4.43. The lowest BCUT2D eigenvalue weighted by Gasteiger charge is -2.08. The quantitative estimate of drug-likeness (QED) is 0.284. The van der Waals surface area contributed by atoms with E-state index in [2.05, 4.69) is 25.7 Å². The van der Waals surface area contributed by atoms with E-state index in [1.807, 2.05) is 24.3 Å². The van der Waals surface area contributed by atoms with E-state index in [4.69, 9.17) is 11.6 Å². The van der Waals surface area contributed by atoms with Crippen molar-refractivity contribution >= 4 is 44.9 Å². The van der Waals surface area contributed by atoms with Crippen molar-refractivity contribution in [1.29, 1.82) is 0 Å². The second-order valence-electron chi connectivity index (χ2n) is 5.18. The highest BCUT2D eigenvalue weighted by molar-refractivity contribution is 9.10. The Bertz CT molecular complexity index is 981. The van der Waals surface area contributed by atoms with Crippen LogP contribution in [0.2, 0.25) is 5.15 Å². The maximum Gasteiger partial charge on any atom is 0.379 e. The van der Waals surface area contributed by atoms with E-state index in [0.29, 0.717) is 16.9 Å². The van der Waals surface area contributed by atoms with E-state index in [0.717, 1.165) is 17.1 Å². The number of carbonyl (C=O) groups is 2. The van der Waals surface area contributed by atoms with E-state index in [9.17, 15) is 9.59 Å². The molecule has 0 aliphatic carbocycles. The number of rotatable bonds is 3. The first-order valence-electron chi connectivity index (χ1n) is 6.99. The van der Waals surface area contributed by atoms with Crippen molar-refractivity contribution in [3.63, 3.8) is 0 Å². The lowest BCUT2D eigenvalue weighted by Crippen LogP contribution is -2.18. The van der Waals surface area contributed by atoms with Crippen LogP contribution in [0.25, 0.3) is 16.9 Å². The van der Waals surface area contributed by atoms with Crippen molar-refractivity contribution in [2.75, 3.05) is 7.11 Å². The molecule has 0 atom stereocenters. The van der Waals surface area contributed by atoms with Crippen molar-refractivity contribution < 1.29 is 14.3 Å². The number of esters is 1. The van der Waals surface area contributed by atoms with Gasteiger partial charge in [-0.25, -0.2) is 9.78 Å². The average molecular weight is 408 g/mol. The SMILES string of the molecule is COC(=O)C(=O)c1c(C)cc2nc(-c3cccc(Br)c3)cn2c1Cl. The molecule has 2 aromatic heterocycles. The predicted octanol–water partition coefficient (Wildman–Crippen LogP) is 4.08. The maximum absolute atomic E-state index is 12.2. The number of ether oxygens (including phenoxy) is 1. The molecule has 122 valence electrons. The van der Waals surface area contributed by atoms with Gasteiger partial charge in [-0.1, -0.05) is 39.7 Å². The molecule has 0 aliphatic rings. The van der Waals surface area contributed by atoms with Crippen molar-refractivity contribution in [3.8, 4) is 11.3 Å². The summed E-state index contributed by atoms with van der Waals surface area (Å²) < 4.78 is 7.01. The third kappa shape index (κ3) is 2.83. The molecule has 24 heavy (non-hydrogen) atoms. The highest BCUT2D eigenvalue weighted by Crippen LogP contribution is 2.28. The smallest absolute Gasteiger partial charge is 0.379 e. The van der Waals surface area contributed by atoms with Crippen molar-refractivity contribution in [1.82, 2.24) is 9.38 Å². The van der Waals surface area contributed by atoms with Gasteiger partial charge in [0.25, 0.3) is 5.78 Å². The summed E-state index contributed by atoms with van der Waals surface area (Å²) in [6, 6.07) is 9.40. The number of ketones is 1. The Labute approximate surface area is 151 Å². The molecule has 0 amide bonds. The van der Waals surface area contributed by atoms with E-state index >= 15 is 0 Å². The van der Waals surface area contributed by atoms with Gasteiger partial charge in [0, 0.05) is 16.2 Å². The Balaban J connectivity index is 2.19. The van der Waals surface area contributed by atoms with E-state index in [1.165, 1.54) is 0 Å². The number of nitrogens with zero attached hydrogens (tertiary/aromatic N) is 2. The molecule has 0 fully saturated rings. The number of methoxy groups -OCH3 is 1. The molecule has 0 saturated carbocycles. The molecule has 0 saturated heterocycles. The van der Waals surface area contributed by atoms with Crippen LogP contribution in [0.15, 0.2) is 41.0 Å². The second-order valence-corrected chi connectivity index (χ2v) is 6.45. The molecule has 2 heterocycles. The van der Waals surface area contributed by atoms with Gasteiger partial charge < -0.3 is 4.74 Å². The number of aryl methyl sites for hydroxylation is 1. The standard InChI is InChI=1S/C17H12BrClN2O3/c1-9-6-13-20-12(10-4-3-5-11(18)7-10)8-21(13)16(19)14(9)15(22)17(23)24-2/h3-8H,1-2H3. The van der Waals surface area contributed by atoms with Gasteiger partial charge in [0.2, 0.25) is 0 Å². The first kappa shape index (κ1) is 16.7. The number of halogens is 2. The predicted molar refractivity (Wildman–Crippen MR) is 94.4 cm³/mol. The molecule has 5 nitrogen and oxygen atoms in total. The second kappa shape index (κ2) is 6.37. The summed E-state index contributed by atoms with van der Waals surface area (Å²) >= 11 is 9.79. The zero-order valence-electron chi connectivity index (χ0n) is 12.8. The molecular weight excluding hydrogens is 396 g/mol. The summed E-state index contributed by atoms with van der Waals surface area (Å²) in [5.74, 6) is -1.73. The van der Waals surface area contributed by atoms with Crippen LogP contribution in [0.5, 0.6) is 0 Å². The first-order chi connectivity index (χ1) is 11.4. The maximum atomic E-state index is 12.2. The number of aromatic nitrogens is 2. The molecule has 0 spiro atoms. The fourth-order valence-electron chi connectivity index (χ4n) is 2.46. The molecule has 7 heteroatoms. The molecule has 3 aromatic rings. The zero-order valence-corrected chi connectivity index (χ0v) is 15.2. The lowest BCUT2D eigenvalue weighted by molar-refractivity contribution is -0.135. The number of carbonyl (C=O) groups excluding carboxylic acids is 2. The van der Waals surface area contributed by atoms with Crippen LogP contribution < -0.4 is 0 Å². The van der Waals surface area contributed by atoms with E-state index in [-0.39, 0.29) is 10.7 Å². The van der Waals surface area contributed by atoms with Crippen LogP contribution in [-0.2, 0) is 9.53 Å². The van der Waals surface area contributed by atoms with E-state index < -0.39 is 11.8 Å². The summed E-state index contributed by atoms with van der Waals surface area (Å²) in [5, 5.41) is 0.133. The summed E-state index contributed by atoms with van der Waals surface area (Å²) in [7, 11) is 1.16. The average Bonchev–Trinajstić information content (AvgIpc) is 2.98. The van der Waals surface area contributed by atoms with Crippen LogP contribution >= 0.6 is 27.5 Å². The van der Waals surface area contributed by atoms with Gasteiger partial charge in [0.1, 0.15) is 10.8 Å². The summed E-state index contributed by atoms with van der Waals surface area (Å²) in [6.07, 6.45) is 1.73. The molecule has 0 N–H and O–H groups in total. The fourth-order valence-corrected chi connectivity index (χ4v) is 3.23. The highest BCUT2D eigenvalue weighted by Gasteiger charge is 2.24. The first-order valence-corrected chi connectivity index (χ1v) is 8.16. The number of benzene rings is 1. The summed E-state index contributed by atoms with van der Waals surface area (Å²) in [4.78, 5) is 28.3. The van der Waals surface area contributed by atoms with Gasteiger partial charge in [-0.05, 0) is 30.7 Å². The van der Waals surface area contributed by atoms with Gasteiger partial charge in [0.15, 0.2) is 0 Å². The normalized spacial score (nSPS) is 10.8. The topological polar surface area (TPSA) is 60.7 Å². The molecule has 1 aromatic carbocycles. The van der Waals surface area contributed by atoms with Crippen LogP contribution in [0.4, 0.5) is 0 Å². The lowest BCUT2D eigenvalue weighted by atomic mass is 10.1. The number of hydrogen-bond donors (Lipinski definition) is 0. The van der Waals surface area contributed by atoms with Crippen LogP contribution in [-0.4, -0.2) is 28.2 Å². The van der Waals surface area contributed by atoms with Crippen molar-refractivity contribution in [2.24, 2.45) is 0 Å².